The van der Waals surface area contributed by atoms with Gasteiger partial charge < -0.3 is 15.6 Å². The van der Waals surface area contributed by atoms with Crippen molar-refractivity contribution in [1.82, 2.24) is 19.9 Å². The topological polar surface area (TPSA) is 95.6 Å². The average molecular weight is 433 g/mol. The van der Waals surface area contributed by atoms with Crippen molar-refractivity contribution >= 4 is 29.0 Å². The number of nitrogens with one attached hydrogen (secondary N) is 3. The Labute approximate surface area is 184 Å². The number of nitrogens with zero attached hydrogens (tertiary/aromatic N) is 3. The second-order valence-corrected chi connectivity index (χ2v) is 7.31. The molecule has 0 radical (unpaired) electrons. The Balaban J connectivity index is 1.34. The zero-order valence-corrected chi connectivity index (χ0v) is 17.4. The monoisotopic (exact) mass is 432 g/mol. The third-order valence-corrected chi connectivity index (χ3v) is 5.00. The first-order chi connectivity index (χ1) is 15.2. The minimum atomic E-state index is -0.243. The summed E-state index contributed by atoms with van der Waals surface area (Å²) in [5.41, 5.74) is 3.71. The van der Waals surface area contributed by atoms with Crippen LogP contribution in [0.5, 0.6) is 0 Å². The highest BCUT2D eigenvalue weighted by Gasteiger charge is 2.10. The molecule has 3 aromatic heterocycles. The summed E-state index contributed by atoms with van der Waals surface area (Å²) in [5.74, 6) is 0.484. The lowest BCUT2D eigenvalue weighted by atomic mass is 10.1. The molecule has 3 heterocycles. The van der Waals surface area contributed by atoms with Crippen LogP contribution in [0.2, 0.25) is 5.02 Å². The number of aryl methyl sites for hydroxylation is 1. The first kappa shape index (κ1) is 20.6. The second kappa shape index (κ2) is 9.86. The van der Waals surface area contributed by atoms with Crippen LogP contribution in [0.25, 0.3) is 11.3 Å². The van der Waals surface area contributed by atoms with Crippen molar-refractivity contribution in [2.75, 3.05) is 17.2 Å². The number of carbonyl (C=O) groups is 1. The lowest BCUT2D eigenvalue weighted by Gasteiger charge is -2.10. The molecular weight excluding hydrogens is 412 g/mol. The van der Waals surface area contributed by atoms with Crippen LogP contribution < -0.4 is 10.6 Å². The van der Waals surface area contributed by atoms with E-state index in [1.807, 2.05) is 30.5 Å². The lowest BCUT2D eigenvalue weighted by Crippen LogP contribution is -2.13. The number of benzene rings is 1. The average Bonchev–Trinajstić information content (AvgIpc) is 3.32. The number of halogens is 1. The van der Waals surface area contributed by atoms with Gasteiger partial charge in [0.1, 0.15) is 5.82 Å². The van der Waals surface area contributed by atoms with E-state index >= 15 is 0 Å². The molecule has 0 aliphatic rings. The second-order valence-electron chi connectivity index (χ2n) is 6.90. The van der Waals surface area contributed by atoms with Gasteiger partial charge >= 0.3 is 0 Å². The fourth-order valence-corrected chi connectivity index (χ4v) is 3.29. The van der Waals surface area contributed by atoms with Gasteiger partial charge in [-0.2, -0.15) is 0 Å². The number of anilines is 2. The van der Waals surface area contributed by atoms with E-state index in [9.17, 15) is 4.79 Å². The molecule has 0 saturated heterocycles. The number of amides is 1. The van der Waals surface area contributed by atoms with Gasteiger partial charge in [0.25, 0.3) is 5.91 Å². The summed E-state index contributed by atoms with van der Waals surface area (Å²) in [6, 6.07) is 14.5. The molecule has 31 heavy (non-hydrogen) atoms. The van der Waals surface area contributed by atoms with Crippen LogP contribution in [0, 0.1) is 0 Å². The summed E-state index contributed by atoms with van der Waals surface area (Å²) in [6.07, 6.45) is 8.62. The fourth-order valence-electron chi connectivity index (χ4n) is 3.07. The van der Waals surface area contributed by atoms with Gasteiger partial charge in [0.15, 0.2) is 0 Å². The van der Waals surface area contributed by atoms with E-state index in [-0.39, 0.29) is 5.91 Å². The maximum atomic E-state index is 12.6. The highest BCUT2D eigenvalue weighted by molar-refractivity contribution is 6.33. The van der Waals surface area contributed by atoms with Gasteiger partial charge in [0.2, 0.25) is 0 Å². The van der Waals surface area contributed by atoms with E-state index in [2.05, 4.69) is 30.6 Å². The van der Waals surface area contributed by atoms with Crippen molar-refractivity contribution < 1.29 is 4.79 Å². The Morgan fingerprint density at radius 3 is 2.74 bits per heavy atom. The molecule has 3 N–H and O–H groups in total. The molecule has 4 aromatic rings. The van der Waals surface area contributed by atoms with E-state index in [0.717, 1.165) is 42.2 Å². The van der Waals surface area contributed by atoms with Crippen LogP contribution in [-0.2, 0) is 6.42 Å². The highest BCUT2D eigenvalue weighted by atomic mass is 35.5. The first-order valence-electron chi connectivity index (χ1n) is 9.88. The van der Waals surface area contributed by atoms with Gasteiger partial charge in [-0.05, 0) is 55.3 Å². The quantitative estimate of drug-likeness (QED) is 0.347. The molecule has 0 atom stereocenters. The van der Waals surface area contributed by atoms with Crippen LogP contribution in [0.4, 0.5) is 11.5 Å². The maximum Gasteiger partial charge on any atom is 0.257 e. The molecule has 0 fully saturated rings. The Kier molecular flexibility index (Phi) is 6.54. The van der Waals surface area contributed by atoms with Crippen molar-refractivity contribution in [2.24, 2.45) is 0 Å². The molecule has 156 valence electrons. The van der Waals surface area contributed by atoms with Crippen molar-refractivity contribution in [3.05, 3.63) is 89.7 Å². The molecule has 0 bridgehead atoms. The van der Waals surface area contributed by atoms with Gasteiger partial charge in [0, 0.05) is 42.1 Å². The van der Waals surface area contributed by atoms with Crippen LogP contribution in [0.1, 0.15) is 22.5 Å². The molecule has 8 heteroatoms. The van der Waals surface area contributed by atoms with Gasteiger partial charge in [-0.3, -0.25) is 9.78 Å². The number of carbonyl (C=O) groups excluding carboxylic acids is 1. The normalized spacial score (nSPS) is 10.6. The van der Waals surface area contributed by atoms with Gasteiger partial charge in [-0.15, -0.1) is 0 Å². The van der Waals surface area contributed by atoms with E-state index in [1.165, 1.54) is 0 Å². The number of H-pyrrole nitrogens is 1. The minimum absolute atomic E-state index is 0.243. The number of hydrogen-bond donors (Lipinski definition) is 3. The molecule has 1 amide bonds. The van der Waals surface area contributed by atoms with Crippen molar-refractivity contribution in [2.45, 2.75) is 12.8 Å². The predicted octanol–water partition coefficient (Wildman–Crippen LogP) is 4.82. The largest absolute Gasteiger partial charge is 0.370 e. The van der Waals surface area contributed by atoms with Crippen LogP contribution >= 0.6 is 11.6 Å². The standard InChI is InChI=1S/C23H21ClN6O/c24-20-8-7-17(12-19(20)21-5-1-2-10-26-21)30-23(31)16-6-9-22(28-13-16)27-11-3-4-18-14-25-15-29-18/h1-2,5-10,12-15H,3-4,11H2,(H,25,29)(H,27,28)(H,30,31). The lowest BCUT2D eigenvalue weighted by molar-refractivity contribution is 0.102. The van der Waals surface area contributed by atoms with Crippen molar-refractivity contribution in [3.63, 3.8) is 0 Å². The number of imidazole rings is 1. The summed E-state index contributed by atoms with van der Waals surface area (Å²) < 4.78 is 0. The Morgan fingerprint density at radius 1 is 1.06 bits per heavy atom. The number of aromatic nitrogens is 4. The van der Waals surface area contributed by atoms with Crippen molar-refractivity contribution in [1.29, 1.82) is 0 Å². The van der Waals surface area contributed by atoms with E-state index in [1.54, 1.807) is 43.0 Å². The summed E-state index contributed by atoms with van der Waals surface area (Å²) >= 11 is 6.31. The van der Waals surface area contributed by atoms with Crippen LogP contribution in [0.15, 0.2) is 73.4 Å². The van der Waals surface area contributed by atoms with Gasteiger partial charge in [-0.25, -0.2) is 9.97 Å². The van der Waals surface area contributed by atoms with E-state index in [0.29, 0.717) is 16.3 Å². The minimum Gasteiger partial charge on any atom is -0.370 e. The molecular formula is C23H21ClN6O. The van der Waals surface area contributed by atoms with Crippen molar-refractivity contribution in [3.8, 4) is 11.3 Å². The van der Waals surface area contributed by atoms with E-state index in [4.69, 9.17) is 11.6 Å². The number of hydrogen-bond acceptors (Lipinski definition) is 5. The Hall–Kier alpha value is -3.71. The molecule has 0 unspecified atom stereocenters. The molecule has 0 aliphatic heterocycles. The molecule has 0 aliphatic carbocycles. The smallest absolute Gasteiger partial charge is 0.257 e. The first-order valence-corrected chi connectivity index (χ1v) is 10.3. The van der Waals surface area contributed by atoms with Crippen LogP contribution in [-0.4, -0.2) is 32.4 Å². The highest BCUT2D eigenvalue weighted by Crippen LogP contribution is 2.29. The molecule has 7 nitrogen and oxygen atoms in total. The molecule has 4 rings (SSSR count). The zero-order chi connectivity index (χ0) is 21.5. The predicted molar refractivity (Wildman–Crippen MR) is 122 cm³/mol. The third-order valence-electron chi connectivity index (χ3n) is 4.67. The van der Waals surface area contributed by atoms with Crippen LogP contribution in [0.3, 0.4) is 0 Å². The summed E-state index contributed by atoms with van der Waals surface area (Å²) in [6.45, 7) is 0.776. The molecule has 1 aromatic carbocycles. The summed E-state index contributed by atoms with van der Waals surface area (Å²) in [5, 5.41) is 6.71. The SMILES string of the molecule is O=C(Nc1ccc(Cl)c(-c2ccccn2)c1)c1ccc(NCCCc2cnc[nH]2)nc1. The maximum absolute atomic E-state index is 12.6. The molecule has 0 spiro atoms. The summed E-state index contributed by atoms with van der Waals surface area (Å²) in [7, 11) is 0. The fraction of sp³-hybridized carbons (Fsp3) is 0.130. The number of rotatable bonds is 8. The Bertz CT molecular complexity index is 1130. The van der Waals surface area contributed by atoms with Gasteiger partial charge in [-0.1, -0.05) is 17.7 Å². The van der Waals surface area contributed by atoms with Gasteiger partial charge in [0.05, 0.1) is 22.6 Å². The number of pyridine rings is 2. The zero-order valence-electron chi connectivity index (χ0n) is 16.7. The van der Waals surface area contributed by atoms with E-state index < -0.39 is 0 Å². The summed E-state index contributed by atoms with van der Waals surface area (Å²) in [4.78, 5) is 28.4. The third kappa shape index (κ3) is 5.46. The molecule has 0 saturated carbocycles. The Morgan fingerprint density at radius 2 is 2.00 bits per heavy atom. The number of aromatic amines is 1.